The van der Waals surface area contributed by atoms with E-state index in [0.29, 0.717) is 11.3 Å². The fourth-order valence-electron chi connectivity index (χ4n) is 3.17. The second-order valence-electron chi connectivity index (χ2n) is 5.88. The van der Waals surface area contributed by atoms with E-state index in [2.05, 4.69) is 15.4 Å². The number of aromatic nitrogens is 4. The van der Waals surface area contributed by atoms with Gasteiger partial charge in [0, 0.05) is 25.6 Å². The number of hydrogen-bond donors (Lipinski definition) is 2. The minimum Gasteiger partial charge on any atom is -0.389 e. The molecule has 0 spiro atoms. The monoisotopic (exact) mass is 303 g/mol. The highest BCUT2D eigenvalue weighted by Gasteiger charge is 2.34. The molecule has 1 aliphatic rings. The second-order valence-corrected chi connectivity index (χ2v) is 5.88. The average molecular weight is 303 g/mol. The predicted molar refractivity (Wildman–Crippen MR) is 80.3 cm³/mol. The van der Waals surface area contributed by atoms with Gasteiger partial charge in [0.15, 0.2) is 0 Å². The van der Waals surface area contributed by atoms with Crippen LogP contribution in [-0.2, 0) is 7.05 Å². The van der Waals surface area contributed by atoms with Gasteiger partial charge in [-0.3, -0.25) is 9.48 Å². The Kier molecular flexibility index (Phi) is 3.98. The molecule has 1 fully saturated rings. The highest BCUT2D eigenvalue weighted by molar-refractivity contribution is 5.95. The number of carbonyl (C=O) groups excluding carboxylic acids is 1. The van der Waals surface area contributed by atoms with E-state index >= 15 is 0 Å². The fourth-order valence-corrected chi connectivity index (χ4v) is 3.17. The lowest BCUT2D eigenvalue weighted by Crippen LogP contribution is -2.49. The van der Waals surface area contributed by atoms with Gasteiger partial charge >= 0.3 is 0 Å². The first-order valence-electron chi connectivity index (χ1n) is 7.53. The van der Waals surface area contributed by atoms with E-state index in [-0.39, 0.29) is 18.0 Å². The highest BCUT2D eigenvalue weighted by atomic mass is 16.3. The summed E-state index contributed by atoms with van der Waals surface area (Å²) in [5.41, 5.74) is 1.25. The summed E-state index contributed by atoms with van der Waals surface area (Å²) in [5, 5.41) is 17.7. The van der Waals surface area contributed by atoms with Crippen LogP contribution in [0.2, 0.25) is 0 Å². The standard InChI is InChI=1S/C15H21N5O2/c1-10-11(8-19(2)18-10)15(22)17-12-4-3-5-13(14(12)21)20-7-6-16-9-20/h6-9,12-14,21H,3-5H2,1-2H3,(H,17,22)/t12-,13-,14-/m1/s1. The molecule has 118 valence electrons. The van der Waals surface area contributed by atoms with Gasteiger partial charge in [-0.25, -0.2) is 4.98 Å². The van der Waals surface area contributed by atoms with E-state index in [9.17, 15) is 9.90 Å². The predicted octanol–water partition coefficient (Wildman–Crippen LogP) is 0.810. The molecule has 1 aliphatic carbocycles. The Hall–Kier alpha value is -2.15. The lowest BCUT2D eigenvalue weighted by molar-refractivity contribution is 0.0398. The molecule has 0 aliphatic heterocycles. The molecule has 3 rings (SSSR count). The topological polar surface area (TPSA) is 85.0 Å². The molecule has 0 bridgehead atoms. The van der Waals surface area contributed by atoms with E-state index in [0.717, 1.165) is 19.3 Å². The Morgan fingerprint density at radius 1 is 1.45 bits per heavy atom. The second kappa shape index (κ2) is 5.92. The minimum atomic E-state index is -0.621. The quantitative estimate of drug-likeness (QED) is 0.878. The van der Waals surface area contributed by atoms with Crippen molar-refractivity contribution in [3.63, 3.8) is 0 Å². The van der Waals surface area contributed by atoms with Crippen LogP contribution in [0, 0.1) is 6.92 Å². The highest BCUT2D eigenvalue weighted by Crippen LogP contribution is 2.29. The van der Waals surface area contributed by atoms with Crippen molar-refractivity contribution < 1.29 is 9.90 Å². The third-order valence-electron chi connectivity index (χ3n) is 4.30. The number of amides is 1. The van der Waals surface area contributed by atoms with Crippen molar-refractivity contribution in [1.29, 1.82) is 0 Å². The molecule has 3 atom stereocenters. The Morgan fingerprint density at radius 2 is 2.27 bits per heavy atom. The van der Waals surface area contributed by atoms with Crippen molar-refractivity contribution in [3.05, 3.63) is 36.2 Å². The zero-order valence-electron chi connectivity index (χ0n) is 12.8. The Balaban J connectivity index is 1.72. The van der Waals surface area contributed by atoms with Crippen molar-refractivity contribution in [1.82, 2.24) is 24.6 Å². The van der Waals surface area contributed by atoms with Crippen LogP contribution in [0.25, 0.3) is 0 Å². The van der Waals surface area contributed by atoms with Crippen molar-refractivity contribution in [2.45, 2.75) is 44.4 Å². The number of imidazole rings is 1. The van der Waals surface area contributed by atoms with Gasteiger partial charge in [0.25, 0.3) is 5.91 Å². The fraction of sp³-hybridized carbons (Fsp3) is 0.533. The number of aliphatic hydroxyl groups excluding tert-OH is 1. The third kappa shape index (κ3) is 2.76. The molecule has 2 aromatic rings. The summed E-state index contributed by atoms with van der Waals surface area (Å²) in [7, 11) is 1.79. The molecule has 7 heteroatoms. The minimum absolute atomic E-state index is 0.0449. The van der Waals surface area contributed by atoms with Gasteiger partial charge in [-0.1, -0.05) is 0 Å². The molecule has 0 saturated heterocycles. The molecule has 0 radical (unpaired) electrons. The van der Waals surface area contributed by atoms with Gasteiger partial charge in [0.1, 0.15) is 0 Å². The van der Waals surface area contributed by atoms with Crippen molar-refractivity contribution in [3.8, 4) is 0 Å². The number of hydrogen-bond acceptors (Lipinski definition) is 4. The number of aliphatic hydroxyl groups is 1. The lowest BCUT2D eigenvalue weighted by atomic mass is 9.87. The molecule has 22 heavy (non-hydrogen) atoms. The lowest BCUT2D eigenvalue weighted by Gasteiger charge is -2.35. The molecular formula is C15H21N5O2. The summed E-state index contributed by atoms with van der Waals surface area (Å²) in [6.45, 7) is 1.81. The Morgan fingerprint density at radius 3 is 2.91 bits per heavy atom. The number of nitrogens with zero attached hydrogens (tertiary/aromatic N) is 4. The summed E-state index contributed by atoms with van der Waals surface area (Å²) >= 11 is 0. The van der Waals surface area contributed by atoms with Gasteiger partial charge in [0.2, 0.25) is 0 Å². The van der Waals surface area contributed by atoms with E-state index in [1.807, 2.05) is 10.8 Å². The first kappa shape index (κ1) is 14.8. The summed E-state index contributed by atoms with van der Waals surface area (Å²) in [5.74, 6) is -0.180. The van der Waals surface area contributed by atoms with E-state index in [1.54, 1.807) is 37.4 Å². The summed E-state index contributed by atoms with van der Waals surface area (Å²) in [6, 6.07) is -0.301. The molecule has 2 heterocycles. The van der Waals surface area contributed by atoms with Crippen LogP contribution in [0.3, 0.4) is 0 Å². The number of aryl methyl sites for hydroxylation is 2. The smallest absolute Gasteiger partial charge is 0.255 e. The van der Waals surface area contributed by atoms with Crippen LogP contribution in [0.5, 0.6) is 0 Å². The van der Waals surface area contributed by atoms with Gasteiger partial charge < -0.3 is 15.0 Å². The first-order chi connectivity index (χ1) is 10.6. The van der Waals surface area contributed by atoms with Gasteiger partial charge in [-0.2, -0.15) is 5.10 Å². The van der Waals surface area contributed by atoms with Gasteiger partial charge in [-0.05, 0) is 26.2 Å². The Labute approximate surface area is 129 Å². The van der Waals surface area contributed by atoms with Crippen LogP contribution >= 0.6 is 0 Å². The number of carbonyl (C=O) groups is 1. The molecule has 2 N–H and O–H groups in total. The van der Waals surface area contributed by atoms with Crippen molar-refractivity contribution in [2.75, 3.05) is 0 Å². The van der Waals surface area contributed by atoms with E-state index < -0.39 is 6.10 Å². The van der Waals surface area contributed by atoms with E-state index in [1.165, 1.54) is 0 Å². The molecule has 1 amide bonds. The van der Waals surface area contributed by atoms with Crippen LogP contribution in [0.4, 0.5) is 0 Å². The normalized spacial score (nSPS) is 25.1. The maximum absolute atomic E-state index is 12.4. The Bertz CT molecular complexity index is 649. The van der Waals surface area contributed by atoms with Gasteiger partial charge in [-0.15, -0.1) is 0 Å². The maximum atomic E-state index is 12.4. The molecular weight excluding hydrogens is 282 g/mol. The largest absolute Gasteiger partial charge is 0.389 e. The molecule has 7 nitrogen and oxygen atoms in total. The zero-order chi connectivity index (χ0) is 15.7. The third-order valence-corrected chi connectivity index (χ3v) is 4.30. The first-order valence-corrected chi connectivity index (χ1v) is 7.53. The maximum Gasteiger partial charge on any atom is 0.255 e. The summed E-state index contributed by atoms with van der Waals surface area (Å²) in [6.07, 6.45) is 8.96. The molecule has 2 aromatic heterocycles. The average Bonchev–Trinajstić information content (AvgIpc) is 3.10. The zero-order valence-corrected chi connectivity index (χ0v) is 12.8. The molecule has 0 aromatic carbocycles. The van der Waals surface area contributed by atoms with Crippen LogP contribution in [0.15, 0.2) is 24.9 Å². The van der Waals surface area contributed by atoms with Crippen molar-refractivity contribution in [2.24, 2.45) is 7.05 Å². The van der Waals surface area contributed by atoms with Gasteiger partial charge in [0.05, 0.1) is 35.8 Å². The van der Waals surface area contributed by atoms with Crippen LogP contribution < -0.4 is 5.32 Å². The van der Waals surface area contributed by atoms with Crippen LogP contribution in [-0.4, -0.2) is 42.5 Å². The van der Waals surface area contributed by atoms with E-state index in [4.69, 9.17) is 0 Å². The summed E-state index contributed by atoms with van der Waals surface area (Å²) in [4.78, 5) is 16.4. The number of rotatable bonds is 3. The number of nitrogens with one attached hydrogen (secondary N) is 1. The SMILES string of the molecule is Cc1nn(C)cc1C(=O)N[C@@H]1CCC[C@@H](n2ccnc2)[C@@H]1O. The molecule has 1 saturated carbocycles. The van der Waals surface area contributed by atoms with Crippen molar-refractivity contribution >= 4 is 5.91 Å². The van der Waals surface area contributed by atoms with Crippen LogP contribution in [0.1, 0.15) is 41.4 Å². The molecule has 0 unspecified atom stereocenters. The summed E-state index contributed by atoms with van der Waals surface area (Å²) < 4.78 is 3.54.